The van der Waals surface area contributed by atoms with Crippen molar-refractivity contribution in [2.75, 3.05) is 16.4 Å². The maximum atomic E-state index is 11.4. The van der Waals surface area contributed by atoms with Gasteiger partial charge in [-0.25, -0.2) is 4.98 Å². The van der Waals surface area contributed by atoms with Gasteiger partial charge in [0.25, 0.3) is 0 Å². The van der Waals surface area contributed by atoms with E-state index in [1.54, 1.807) is 0 Å². The van der Waals surface area contributed by atoms with E-state index in [0.717, 1.165) is 29.2 Å². The Kier molecular flexibility index (Phi) is 2.79. The van der Waals surface area contributed by atoms with Crippen molar-refractivity contribution in [3.8, 4) is 0 Å². The molecule has 1 aliphatic heterocycles. The lowest BCUT2D eigenvalue weighted by Crippen LogP contribution is -2.19. The first kappa shape index (κ1) is 11.5. The molecule has 98 valence electrons. The molecule has 0 unspecified atom stereocenters. The van der Waals surface area contributed by atoms with Crippen LogP contribution in [0.15, 0.2) is 18.5 Å². The van der Waals surface area contributed by atoms with Gasteiger partial charge in [0.1, 0.15) is 12.2 Å². The lowest BCUT2D eigenvalue weighted by molar-refractivity contribution is -0.116. The zero-order chi connectivity index (χ0) is 13.2. The largest absolute Gasteiger partial charge is 0.397 e. The maximum Gasteiger partial charge on any atom is 0.224 e. The fraction of sp³-hybridized carbons (Fsp3) is 0.250. The molecule has 1 aromatic heterocycles. The predicted octanol–water partition coefficient (Wildman–Crippen LogP) is 0.884. The van der Waals surface area contributed by atoms with Gasteiger partial charge in [-0.1, -0.05) is 0 Å². The number of nitrogens with zero attached hydrogens (tertiary/aromatic N) is 2. The third-order valence-corrected chi connectivity index (χ3v) is 3.08. The summed E-state index contributed by atoms with van der Waals surface area (Å²) in [5.41, 5.74) is 9.33. The van der Waals surface area contributed by atoms with Gasteiger partial charge < -0.3 is 16.4 Å². The molecule has 7 heteroatoms. The number of aryl methyl sites for hydroxylation is 1. The Morgan fingerprint density at radius 1 is 1.37 bits per heavy atom. The van der Waals surface area contributed by atoms with Crippen molar-refractivity contribution in [2.24, 2.45) is 0 Å². The Balaban J connectivity index is 1.81. The lowest BCUT2D eigenvalue weighted by atomic mass is 10.0. The molecule has 2 aromatic rings. The Morgan fingerprint density at radius 2 is 2.26 bits per heavy atom. The van der Waals surface area contributed by atoms with Crippen molar-refractivity contribution in [1.82, 2.24) is 15.2 Å². The first-order valence-electron chi connectivity index (χ1n) is 6.03. The average Bonchev–Trinajstić information content (AvgIpc) is 2.90. The van der Waals surface area contributed by atoms with Gasteiger partial charge in [-0.15, -0.1) is 0 Å². The summed E-state index contributed by atoms with van der Waals surface area (Å²) in [4.78, 5) is 15.4. The molecule has 2 heterocycles. The second kappa shape index (κ2) is 4.60. The second-order valence-corrected chi connectivity index (χ2v) is 4.43. The normalized spacial score (nSPS) is 13.8. The van der Waals surface area contributed by atoms with Gasteiger partial charge in [0, 0.05) is 12.1 Å². The van der Waals surface area contributed by atoms with E-state index in [1.165, 1.54) is 6.33 Å². The molecule has 5 N–H and O–H groups in total. The van der Waals surface area contributed by atoms with E-state index in [-0.39, 0.29) is 5.91 Å². The molecule has 3 rings (SSSR count). The minimum atomic E-state index is 0.0402. The highest BCUT2D eigenvalue weighted by Crippen LogP contribution is 2.31. The fourth-order valence-corrected chi connectivity index (χ4v) is 2.10. The van der Waals surface area contributed by atoms with Crippen LogP contribution in [0.25, 0.3) is 0 Å². The smallest absolute Gasteiger partial charge is 0.224 e. The molecule has 1 aliphatic rings. The van der Waals surface area contributed by atoms with E-state index >= 15 is 0 Å². The SMILES string of the molecule is Nc1cc2c(cc1NCc1ncn[nH]1)NC(=O)CC2. The molecule has 19 heavy (non-hydrogen) atoms. The summed E-state index contributed by atoms with van der Waals surface area (Å²) in [6, 6.07) is 3.76. The molecule has 1 amide bonds. The minimum Gasteiger partial charge on any atom is -0.397 e. The number of fused-ring (bicyclic) bond motifs is 1. The molecule has 1 aromatic carbocycles. The maximum absolute atomic E-state index is 11.4. The van der Waals surface area contributed by atoms with Crippen LogP contribution in [0.2, 0.25) is 0 Å². The summed E-state index contributed by atoms with van der Waals surface area (Å²) in [6.45, 7) is 0.497. The van der Waals surface area contributed by atoms with E-state index in [9.17, 15) is 4.79 Å². The molecule has 0 fully saturated rings. The molecule has 0 saturated carbocycles. The van der Waals surface area contributed by atoms with Gasteiger partial charge in [0.05, 0.1) is 17.9 Å². The molecule has 0 spiro atoms. The number of aromatic amines is 1. The van der Waals surface area contributed by atoms with E-state index in [0.29, 0.717) is 18.7 Å². The summed E-state index contributed by atoms with van der Waals surface area (Å²) in [7, 11) is 0. The van der Waals surface area contributed by atoms with Crippen LogP contribution < -0.4 is 16.4 Å². The first-order valence-corrected chi connectivity index (χ1v) is 6.03. The number of carbonyl (C=O) groups excluding carboxylic acids is 1. The zero-order valence-corrected chi connectivity index (χ0v) is 10.2. The minimum absolute atomic E-state index is 0.0402. The lowest BCUT2D eigenvalue weighted by Gasteiger charge is -2.19. The highest BCUT2D eigenvalue weighted by Gasteiger charge is 2.16. The summed E-state index contributed by atoms with van der Waals surface area (Å²) in [5, 5.41) is 12.6. The van der Waals surface area contributed by atoms with Crippen LogP contribution in [-0.2, 0) is 17.8 Å². The second-order valence-electron chi connectivity index (χ2n) is 4.43. The topological polar surface area (TPSA) is 109 Å². The molecular weight excluding hydrogens is 244 g/mol. The highest BCUT2D eigenvalue weighted by molar-refractivity contribution is 5.95. The van der Waals surface area contributed by atoms with Gasteiger partial charge >= 0.3 is 0 Å². The highest BCUT2D eigenvalue weighted by atomic mass is 16.1. The number of anilines is 3. The number of H-pyrrole nitrogens is 1. The summed E-state index contributed by atoms with van der Waals surface area (Å²) >= 11 is 0. The van der Waals surface area contributed by atoms with Crippen LogP contribution in [0.1, 0.15) is 17.8 Å². The van der Waals surface area contributed by atoms with Crippen molar-refractivity contribution in [1.29, 1.82) is 0 Å². The van der Waals surface area contributed by atoms with E-state index in [2.05, 4.69) is 25.8 Å². The Morgan fingerprint density at radius 3 is 3.05 bits per heavy atom. The van der Waals surface area contributed by atoms with E-state index < -0.39 is 0 Å². The van der Waals surface area contributed by atoms with Crippen LogP contribution in [0.4, 0.5) is 17.1 Å². The van der Waals surface area contributed by atoms with Crippen LogP contribution >= 0.6 is 0 Å². The third-order valence-electron chi connectivity index (χ3n) is 3.08. The van der Waals surface area contributed by atoms with Gasteiger partial charge in [0.2, 0.25) is 5.91 Å². The van der Waals surface area contributed by atoms with Crippen LogP contribution in [0, 0.1) is 0 Å². The molecule has 0 bridgehead atoms. The number of aromatic nitrogens is 3. The number of hydrogen-bond donors (Lipinski definition) is 4. The van der Waals surface area contributed by atoms with E-state index in [1.807, 2.05) is 12.1 Å². The number of amides is 1. The van der Waals surface area contributed by atoms with Gasteiger partial charge in [-0.2, -0.15) is 5.10 Å². The van der Waals surface area contributed by atoms with Crippen LogP contribution in [0.5, 0.6) is 0 Å². The van der Waals surface area contributed by atoms with Gasteiger partial charge in [-0.05, 0) is 24.1 Å². The number of carbonyl (C=O) groups is 1. The summed E-state index contributed by atoms with van der Waals surface area (Å²) in [5.74, 6) is 0.764. The molecule has 0 radical (unpaired) electrons. The zero-order valence-electron chi connectivity index (χ0n) is 10.2. The number of nitrogen functional groups attached to an aromatic ring is 1. The van der Waals surface area contributed by atoms with Crippen LogP contribution in [-0.4, -0.2) is 21.1 Å². The Hall–Kier alpha value is -2.57. The van der Waals surface area contributed by atoms with Crippen molar-refractivity contribution >= 4 is 23.0 Å². The van der Waals surface area contributed by atoms with Gasteiger partial charge in [-0.3, -0.25) is 9.89 Å². The first-order chi connectivity index (χ1) is 9.22. The molecule has 0 aliphatic carbocycles. The summed E-state index contributed by atoms with van der Waals surface area (Å²) in [6.07, 6.45) is 2.69. The number of hydrogen-bond acceptors (Lipinski definition) is 5. The quantitative estimate of drug-likeness (QED) is 0.611. The van der Waals surface area contributed by atoms with Crippen LogP contribution in [0.3, 0.4) is 0 Å². The number of rotatable bonds is 3. The predicted molar refractivity (Wildman–Crippen MR) is 71.5 cm³/mol. The fourth-order valence-electron chi connectivity index (χ4n) is 2.10. The average molecular weight is 258 g/mol. The van der Waals surface area contributed by atoms with Gasteiger partial charge in [0.15, 0.2) is 0 Å². The molecule has 0 atom stereocenters. The summed E-state index contributed by atoms with van der Waals surface area (Å²) < 4.78 is 0. The monoisotopic (exact) mass is 258 g/mol. The Labute approximate surface area is 109 Å². The number of benzene rings is 1. The van der Waals surface area contributed by atoms with E-state index in [4.69, 9.17) is 5.73 Å². The third kappa shape index (κ3) is 2.35. The molecule has 0 saturated heterocycles. The standard InChI is InChI=1S/C12H14N6O/c13-8-3-7-1-2-12(19)17-9(7)4-10(8)14-5-11-15-6-16-18-11/h3-4,6,14H,1-2,5,13H2,(H,17,19)(H,15,16,18). The molecular formula is C12H14N6O. The Bertz CT molecular complexity index is 607. The van der Waals surface area contributed by atoms with Crippen molar-refractivity contribution in [3.63, 3.8) is 0 Å². The number of nitrogens with one attached hydrogen (secondary N) is 3. The van der Waals surface area contributed by atoms with Crippen molar-refractivity contribution < 1.29 is 4.79 Å². The van der Waals surface area contributed by atoms with Crippen molar-refractivity contribution in [2.45, 2.75) is 19.4 Å². The van der Waals surface area contributed by atoms with Crippen molar-refractivity contribution in [3.05, 3.63) is 29.8 Å². The molecule has 7 nitrogen and oxygen atoms in total. The number of nitrogens with two attached hydrogens (primary N) is 1.